The quantitative estimate of drug-likeness (QED) is 0.754. The molecule has 138 valence electrons. The monoisotopic (exact) mass is 378 g/mol. The largest absolute Gasteiger partial charge is 0.478 e. The van der Waals surface area contributed by atoms with Crippen molar-refractivity contribution >= 4 is 11.9 Å². The van der Waals surface area contributed by atoms with Crippen LogP contribution in [-0.2, 0) is 12.4 Å². The molecule has 0 amide bonds. The lowest BCUT2D eigenvalue weighted by molar-refractivity contribution is -0.138. The number of carboxylic acid groups (broad SMARTS) is 2. The van der Waals surface area contributed by atoms with Gasteiger partial charge in [-0.2, -0.15) is 26.3 Å². The summed E-state index contributed by atoms with van der Waals surface area (Å²) in [4.78, 5) is 21.8. The van der Waals surface area contributed by atoms with Gasteiger partial charge in [-0.15, -0.1) is 0 Å². The number of hydrogen-bond acceptors (Lipinski definition) is 2. The molecule has 2 aromatic carbocycles. The lowest BCUT2D eigenvalue weighted by atomic mass is 9.94. The lowest BCUT2D eigenvalue weighted by Gasteiger charge is -2.16. The van der Waals surface area contributed by atoms with Gasteiger partial charge in [0, 0.05) is 0 Å². The predicted octanol–water partition coefficient (Wildman–Crippen LogP) is 4.79. The molecule has 0 bridgehead atoms. The van der Waals surface area contributed by atoms with Crippen molar-refractivity contribution in [1.82, 2.24) is 0 Å². The molecule has 0 fully saturated rings. The Morgan fingerprint density at radius 1 is 0.731 bits per heavy atom. The third-order valence-electron chi connectivity index (χ3n) is 3.44. The van der Waals surface area contributed by atoms with E-state index in [1.165, 1.54) is 0 Å². The summed E-state index contributed by atoms with van der Waals surface area (Å²) in [7, 11) is 0. The Bertz CT molecular complexity index is 883. The maximum absolute atomic E-state index is 13.2. The van der Waals surface area contributed by atoms with Crippen LogP contribution < -0.4 is 0 Å². The lowest BCUT2D eigenvalue weighted by Crippen LogP contribution is -2.14. The molecule has 0 unspecified atom stereocenters. The van der Waals surface area contributed by atoms with Crippen LogP contribution in [0.1, 0.15) is 31.8 Å². The minimum Gasteiger partial charge on any atom is -0.478 e. The standard InChI is InChI=1S/C16H8F6O4/c17-15(18,19)11-6-8(13(23)24)2-3-9(11)7-1-4-10(14(25)26)12(5-7)16(20,21)22/h1-6H,(H,23,24)(H,25,26). The van der Waals surface area contributed by atoms with Gasteiger partial charge < -0.3 is 10.2 Å². The van der Waals surface area contributed by atoms with Crippen LogP contribution in [-0.4, -0.2) is 22.2 Å². The van der Waals surface area contributed by atoms with Crippen LogP contribution in [0.4, 0.5) is 26.3 Å². The smallest absolute Gasteiger partial charge is 0.417 e. The average molecular weight is 378 g/mol. The Morgan fingerprint density at radius 2 is 1.31 bits per heavy atom. The molecule has 0 atom stereocenters. The fraction of sp³-hybridized carbons (Fsp3) is 0.125. The molecular formula is C16H8F6O4. The summed E-state index contributed by atoms with van der Waals surface area (Å²) >= 11 is 0. The molecule has 0 heterocycles. The number of alkyl halides is 6. The zero-order valence-corrected chi connectivity index (χ0v) is 12.4. The highest BCUT2D eigenvalue weighted by atomic mass is 19.4. The third-order valence-corrected chi connectivity index (χ3v) is 3.44. The zero-order valence-electron chi connectivity index (χ0n) is 12.4. The molecule has 0 aromatic heterocycles. The third kappa shape index (κ3) is 3.79. The molecule has 0 aliphatic carbocycles. The van der Waals surface area contributed by atoms with Crippen molar-refractivity contribution < 1.29 is 46.1 Å². The van der Waals surface area contributed by atoms with Crippen molar-refractivity contribution in [3.63, 3.8) is 0 Å². The molecular weight excluding hydrogens is 370 g/mol. The maximum Gasteiger partial charge on any atom is 0.417 e. The molecule has 4 nitrogen and oxygen atoms in total. The van der Waals surface area contributed by atoms with E-state index in [9.17, 15) is 35.9 Å². The molecule has 2 aromatic rings. The highest BCUT2D eigenvalue weighted by Crippen LogP contribution is 2.40. The summed E-state index contributed by atoms with van der Waals surface area (Å²) in [6.45, 7) is 0. The average Bonchev–Trinajstić information content (AvgIpc) is 2.52. The van der Waals surface area contributed by atoms with E-state index in [0.717, 1.165) is 18.2 Å². The summed E-state index contributed by atoms with van der Waals surface area (Å²) in [5, 5.41) is 17.6. The second kappa shape index (κ2) is 6.36. The van der Waals surface area contributed by atoms with Crippen molar-refractivity contribution in [1.29, 1.82) is 0 Å². The van der Waals surface area contributed by atoms with Crippen molar-refractivity contribution in [2.75, 3.05) is 0 Å². The molecule has 2 rings (SSSR count). The van der Waals surface area contributed by atoms with Crippen LogP contribution in [0.3, 0.4) is 0 Å². The van der Waals surface area contributed by atoms with Crippen LogP contribution in [0, 0.1) is 0 Å². The topological polar surface area (TPSA) is 74.6 Å². The van der Waals surface area contributed by atoms with Crippen molar-refractivity contribution in [2.45, 2.75) is 12.4 Å². The van der Waals surface area contributed by atoms with E-state index in [4.69, 9.17) is 10.2 Å². The number of rotatable bonds is 3. The number of aromatic carboxylic acids is 2. The Hall–Kier alpha value is -3.04. The highest BCUT2D eigenvalue weighted by Gasteiger charge is 2.38. The van der Waals surface area contributed by atoms with E-state index in [0.29, 0.717) is 12.1 Å². The first-order chi connectivity index (χ1) is 11.8. The first kappa shape index (κ1) is 19.3. The van der Waals surface area contributed by atoms with Gasteiger partial charge in [0.2, 0.25) is 0 Å². The van der Waals surface area contributed by atoms with Crippen molar-refractivity contribution in [2.24, 2.45) is 0 Å². The van der Waals surface area contributed by atoms with Gasteiger partial charge in [-0.25, -0.2) is 9.59 Å². The maximum atomic E-state index is 13.2. The van der Waals surface area contributed by atoms with E-state index in [1.54, 1.807) is 0 Å². The number of carboxylic acids is 2. The van der Waals surface area contributed by atoms with Gasteiger partial charge in [-0.1, -0.05) is 12.1 Å². The van der Waals surface area contributed by atoms with Crippen LogP contribution in [0.5, 0.6) is 0 Å². The van der Waals surface area contributed by atoms with E-state index in [1.807, 2.05) is 0 Å². The summed E-state index contributed by atoms with van der Waals surface area (Å²) < 4.78 is 78.8. The van der Waals surface area contributed by atoms with Crippen LogP contribution in [0.15, 0.2) is 36.4 Å². The Labute approximate surface area is 141 Å². The molecule has 0 saturated carbocycles. The first-order valence-corrected chi connectivity index (χ1v) is 6.72. The molecule has 2 N–H and O–H groups in total. The number of hydrogen-bond donors (Lipinski definition) is 2. The molecule has 26 heavy (non-hydrogen) atoms. The molecule has 0 radical (unpaired) electrons. The van der Waals surface area contributed by atoms with Gasteiger partial charge >= 0.3 is 24.3 Å². The minimum atomic E-state index is -5.11. The zero-order chi connectivity index (χ0) is 19.9. The van der Waals surface area contributed by atoms with Crippen LogP contribution >= 0.6 is 0 Å². The SMILES string of the molecule is O=C(O)c1ccc(-c2ccc(C(=O)O)c(C(F)(F)F)c2)c(C(F)(F)F)c1. The normalized spacial score (nSPS) is 12.1. The van der Waals surface area contributed by atoms with E-state index >= 15 is 0 Å². The van der Waals surface area contributed by atoms with Gasteiger partial charge in [-0.05, 0) is 35.4 Å². The Balaban J connectivity index is 2.76. The molecule has 0 aliphatic rings. The van der Waals surface area contributed by atoms with Gasteiger partial charge in [0.25, 0.3) is 0 Å². The van der Waals surface area contributed by atoms with Gasteiger partial charge in [0.15, 0.2) is 0 Å². The van der Waals surface area contributed by atoms with Crippen molar-refractivity contribution in [3.8, 4) is 11.1 Å². The molecule has 0 spiro atoms. The van der Waals surface area contributed by atoms with Gasteiger partial charge in [0.05, 0.1) is 22.3 Å². The predicted molar refractivity (Wildman–Crippen MR) is 75.8 cm³/mol. The summed E-state index contributed by atoms with van der Waals surface area (Å²) in [6.07, 6.45) is -10.1. The summed E-state index contributed by atoms with van der Waals surface area (Å²) in [6, 6.07) is 3.47. The second-order valence-electron chi connectivity index (χ2n) is 5.13. The van der Waals surface area contributed by atoms with Gasteiger partial charge in [-0.3, -0.25) is 0 Å². The number of halogens is 6. The number of benzene rings is 2. The Morgan fingerprint density at radius 3 is 1.77 bits per heavy atom. The molecule has 10 heteroatoms. The Kier molecular flexibility index (Phi) is 4.71. The second-order valence-corrected chi connectivity index (χ2v) is 5.13. The molecule has 0 saturated heterocycles. The first-order valence-electron chi connectivity index (χ1n) is 6.72. The minimum absolute atomic E-state index is 0.286. The van der Waals surface area contributed by atoms with Gasteiger partial charge in [0.1, 0.15) is 0 Å². The van der Waals surface area contributed by atoms with Crippen LogP contribution in [0.25, 0.3) is 11.1 Å². The van der Waals surface area contributed by atoms with Crippen molar-refractivity contribution in [3.05, 3.63) is 58.7 Å². The fourth-order valence-electron chi connectivity index (χ4n) is 2.30. The summed E-state index contributed by atoms with van der Waals surface area (Å²) in [5.41, 5.74) is -6.13. The van der Waals surface area contributed by atoms with Crippen LogP contribution in [0.2, 0.25) is 0 Å². The number of carbonyl (C=O) groups is 2. The van der Waals surface area contributed by atoms with E-state index in [2.05, 4.69) is 0 Å². The molecule has 0 aliphatic heterocycles. The summed E-state index contributed by atoms with van der Waals surface area (Å²) in [5.74, 6) is -3.53. The highest BCUT2D eigenvalue weighted by molar-refractivity contribution is 5.91. The van der Waals surface area contributed by atoms with E-state index < -0.39 is 57.7 Å². The fourth-order valence-corrected chi connectivity index (χ4v) is 2.30. The van der Waals surface area contributed by atoms with E-state index in [-0.39, 0.29) is 6.07 Å².